The van der Waals surface area contributed by atoms with Gasteiger partial charge in [0.2, 0.25) is 0 Å². The molecular weight excluding hydrogens is 346 g/mol. The maximum atomic E-state index is 6.24. The zero-order valence-corrected chi connectivity index (χ0v) is 16.6. The number of halogens is 1. The van der Waals surface area contributed by atoms with Crippen molar-refractivity contribution >= 4 is 11.6 Å². The third-order valence-electron chi connectivity index (χ3n) is 4.66. The van der Waals surface area contributed by atoms with Gasteiger partial charge in [-0.1, -0.05) is 48.9 Å². The van der Waals surface area contributed by atoms with E-state index in [-0.39, 0.29) is 0 Å². The Labute approximate surface area is 161 Å². The SMILES string of the molecule is CC(Cc1ccccc1Oc1ccccc1Cl)CN1CC(C)OC(C)C1. The average molecular weight is 374 g/mol. The topological polar surface area (TPSA) is 21.7 Å². The van der Waals surface area contributed by atoms with Crippen molar-refractivity contribution in [2.75, 3.05) is 19.6 Å². The molecule has 3 rings (SSSR count). The number of benzene rings is 2. The van der Waals surface area contributed by atoms with Gasteiger partial charge in [0, 0.05) is 19.6 Å². The molecule has 0 N–H and O–H groups in total. The third-order valence-corrected chi connectivity index (χ3v) is 4.97. The summed E-state index contributed by atoms with van der Waals surface area (Å²) in [6, 6.07) is 15.8. The van der Waals surface area contributed by atoms with Crippen LogP contribution in [0.2, 0.25) is 5.02 Å². The first-order chi connectivity index (χ1) is 12.5. The molecule has 0 bridgehead atoms. The minimum atomic E-state index is 0.307. The lowest BCUT2D eigenvalue weighted by Crippen LogP contribution is -2.47. The summed E-state index contributed by atoms with van der Waals surface area (Å²) in [6.07, 6.45) is 1.59. The van der Waals surface area contributed by atoms with Gasteiger partial charge in [-0.3, -0.25) is 4.90 Å². The summed E-state index contributed by atoms with van der Waals surface area (Å²) in [7, 11) is 0. The lowest BCUT2D eigenvalue weighted by Gasteiger charge is -2.36. The van der Waals surface area contributed by atoms with E-state index < -0.39 is 0 Å². The lowest BCUT2D eigenvalue weighted by molar-refractivity contribution is -0.0709. The Bertz CT molecular complexity index is 711. The predicted molar refractivity (Wildman–Crippen MR) is 107 cm³/mol. The van der Waals surface area contributed by atoms with Gasteiger partial charge in [-0.15, -0.1) is 0 Å². The summed E-state index contributed by atoms with van der Waals surface area (Å²) < 4.78 is 11.9. The molecular formula is C22H28ClNO2. The summed E-state index contributed by atoms with van der Waals surface area (Å²) in [4.78, 5) is 2.51. The van der Waals surface area contributed by atoms with Gasteiger partial charge in [0.05, 0.1) is 17.2 Å². The van der Waals surface area contributed by atoms with E-state index in [1.165, 1.54) is 5.56 Å². The zero-order chi connectivity index (χ0) is 18.5. The quantitative estimate of drug-likeness (QED) is 0.674. The molecule has 0 saturated carbocycles. The first-order valence-corrected chi connectivity index (χ1v) is 9.77. The molecule has 1 fully saturated rings. The van der Waals surface area contributed by atoms with Crippen molar-refractivity contribution in [2.24, 2.45) is 5.92 Å². The monoisotopic (exact) mass is 373 g/mol. The second-order valence-electron chi connectivity index (χ2n) is 7.43. The molecule has 0 spiro atoms. The van der Waals surface area contributed by atoms with Crippen molar-refractivity contribution in [3.8, 4) is 11.5 Å². The summed E-state index contributed by atoms with van der Waals surface area (Å²) in [6.45, 7) is 9.69. The number of para-hydroxylation sites is 2. The molecule has 0 radical (unpaired) electrons. The van der Waals surface area contributed by atoms with Gasteiger partial charge in [-0.05, 0) is 49.9 Å². The van der Waals surface area contributed by atoms with Crippen LogP contribution >= 0.6 is 11.6 Å². The number of hydrogen-bond acceptors (Lipinski definition) is 3. The highest BCUT2D eigenvalue weighted by Gasteiger charge is 2.23. The van der Waals surface area contributed by atoms with Crippen molar-refractivity contribution in [3.05, 3.63) is 59.1 Å². The molecule has 2 aromatic carbocycles. The minimum absolute atomic E-state index is 0.307. The van der Waals surface area contributed by atoms with Gasteiger partial charge < -0.3 is 9.47 Å². The maximum Gasteiger partial charge on any atom is 0.146 e. The molecule has 1 saturated heterocycles. The molecule has 3 unspecified atom stereocenters. The van der Waals surface area contributed by atoms with E-state index in [0.717, 1.165) is 31.8 Å². The van der Waals surface area contributed by atoms with Gasteiger partial charge in [0.15, 0.2) is 0 Å². The third kappa shape index (κ3) is 5.23. The number of rotatable bonds is 6. The van der Waals surface area contributed by atoms with Crippen molar-refractivity contribution in [1.82, 2.24) is 4.90 Å². The van der Waals surface area contributed by atoms with E-state index >= 15 is 0 Å². The van der Waals surface area contributed by atoms with Gasteiger partial charge in [-0.2, -0.15) is 0 Å². The van der Waals surface area contributed by atoms with Crippen molar-refractivity contribution in [3.63, 3.8) is 0 Å². The van der Waals surface area contributed by atoms with Crippen LogP contribution in [0, 0.1) is 5.92 Å². The second kappa shape index (κ2) is 8.90. The molecule has 3 atom stereocenters. The molecule has 0 aliphatic carbocycles. The van der Waals surface area contributed by atoms with Crippen LogP contribution in [0.5, 0.6) is 11.5 Å². The number of morpholine rings is 1. The molecule has 1 heterocycles. The molecule has 2 aromatic rings. The summed E-state index contributed by atoms with van der Waals surface area (Å²) in [5, 5.41) is 0.631. The normalized spacial score (nSPS) is 22.2. The standard InChI is InChI=1S/C22H28ClNO2/c1-16(13-24-14-17(2)25-18(3)15-24)12-19-8-4-6-10-21(19)26-22-11-7-5-9-20(22)23/h4-11,16-18H,12-15H2,1-3H3. The molecule has 140 valence electrons. The van der Waals surface area contributed by atoms with E-state index in [2.05, 4.69) is 37.8 Å². The van der Waals surface area contributed by atoms with Crippen LogP contribution in [0.4, 0.5) is 0 Å². The smallest absolute Gasteiger partial charge is 0.146 e. The van der Waals surface area contributed by atoms with Crippen LogP contribution in [-0.4, -0.2) is 36.7 Å². The van der Waals surface area contributed by atoms with E-state index in [9.17, 15) is 0 Å². The number of hydrogen-bond donors (Lipinski definition) is 0. The van der Waals surface area contributed by atoms with E-state index in [4.69, 9.17) is 21.1 Å². The van der Waals surface area contributed by atoms with Crippen LogP contribution in [-0.2, 0) is 11.2 Å². The van der Waals surface area contributed by atoms with E-state index in [1.807, 2.05) is 36.4 Å². The maximum absolute atomic E-state index is 6.24. The molecule has 4 heteroatoms. The second-order valence-corrected chi connectivity index (χ2v) is 7.83. The molecule has 26 heavy (non-hydrogen) atoms. The summed E-state index contributed by atoms with van der Waals surface area (Å²) in [5.74, 6) is 2.12. The number of ether oxygens (including phenoxy) is 2. The fourth-order valence-electron chi connectivity index (χ4n) is 3.73. The Morgan fingerprint density at radius 3 is 2.35 bits per heavy atom. The van der Waals surface area contributed by atoms with Gasteiger partial charge in [-0.25, -0.2) is 0 Å². The van der Waals surface area contributed by atoms with Crippen LogP contribution in [0.1, 0.15) is 26.3 Å². The van der Waals surface area contributed by atoms with Crippen LogP contribution in [0.25, 0.3) is 0 Å². The zero-order valence-electron chi connectivity index (χ0n) is 15.8. The minimum Gasteiger partial charge on any atom is -0.456 e. The fourth-order valence-corrected chi connectivity index (χ4v) is 3.91. The summed E-state index contributed by atoms with van der Waals surface area (Å²) in [5.41, 5.74) is 1.22. The van der Waals surface area contributed by atoms with Crippen LogP contribution < -0.4 is 4.74 Å². The molecule has 1 aliphatic heterocycles. The lowest BCUT2D eigenvalue weighted by atomic mass is 9.99. The Hall–Kier alpha value is -1.55. The Morgan fingerprint density at radius 1 is 1.04 bits per heavy atom. The van der Waals surface area contributed by atoms with Crippen LogP contribution in [0.3, 0.4) is 0 Å². The highest BCUT2D eigenvalue weighted by molar-refractivity contribution is 6.32. The molecule has 0 amide bonds. The molecule has 1 aliphatic rings. The summed E-state index contributed by atoms with van der Waals surface area (Å²) >= 11 is 6.24. The van der Waals surface area contributed by atoms with Gasteiger partial charge >= 0.3 is 0 Å². The van der Waals surface area contributed by atoms with Crippen LogP contribution in [0.15, 0.2) is 48.5 Å². The van der Waals surface area contributed by atoms with Crippen molar-refractivity contribution in [2.45, 2.75) is 39.4 Å². The fraction of sp³-hybridized carbons (Fsp3) is 0.455. The van der Waals surface area contributed by atoms with E-state index in [0.29, 0.717) is 28.9 Å². The molecule has 0 aromatic heterocycles. The van der Waals surface area contributed by atoms with Gasteiger partial charge in [0.25, 0.3) is 0 Å². The highest BCUT2D eigenvalue weighted by atomic mass is 35.5. The van der Waals surface area contributed by atoms with Gasteiger partial charge in [0.1, 0.15) is 11.5 Å². The first-order valence-electron chi connectivity index (χ1n) is 9.39. The van der Waals surface area contributed by atoms with Crippen molar-refractivity contribution < 1.29 is 9.47 Å². The van der Waals surface area contributed by atoms with Crippen molar-refractivity contribution in [1.29, 1.82) is 0 Å². The largest absolute Gasteiger partial charge is 0.456 e. The average Bonchev–Trinajstić information content (AvgIpc) is 2.57. The first kappa shape index (κ1) is 19.2. The Morgan fingerprint density at radius 2 is 1.65 bits per heavy atom. The molecule has 3 nitrogen and oxygen atoms in total. The Balaban J connectivity index is 1.65. The van der Waals surface area contributed by atoms with E-state index in [1.54, 1.807) is 0 Å². The Kier molecular flexibility index (Phi) is 6.58. The number of nitrogens with zero attached hydrogens (tertiary/aromatic N) is 1. The highest BCUT2D eigenvalue weighted by Crippen LogP contribution is 2.32. The predicted octanol–water partition coefficient (Wildman–Crippen LogP) is 5.42.